The van der Waals surface area contributed by atoms with E-state index in [9.17, 15) is 4.79 Å². The molecular weight excluding hydrogens is 463 g/mol. The molecule has 0 rings (SSSR count). The predicted molar refractivity (Wildman–Crippen MR) is 130 cm³/mol. The lowest BCUT2D eigenvalue weighted by Crippen LogP contribution is -2.28. The lowest BCUT2D eigenvalue weighted by Gasteiger charge is -2.31. The molecule has 162 valence electrons. The van der Waals surface area contributed by atoms with E-state index in [4.69, 9.17) is 4.74 Å². The maximum Gasteiger partial charge on any atom is 0.333 e. The van der Waals surface area contributed by atoms with Crippen molar-refractivity contribution in [1.29, 1.82) is 0 Å². The molecule has 0 aliphatic heterocycles. The number of carbonyl (C=O) groups excluding carboxylic acids is 1. The van der Waals surface area contributed by atoms with Crippen molar-refractivity contribution in [3.05, 3.63) is 35.1 Å². The Kier molecular flexibility index (Phi) is 14.6. The first-order valence-electron chi connectivity index (χ1n) is 10.4. The summed E-state index contributed by atoms with van der Waals surface area (Å²) in [6, 6.07) is 0. The first-order valence-corrected chi connectivity index (χ1v) is 11.9. The zero-order chi connectivity index (χ0) is 21.6. The van der Waals surface area contributed by atoms with Crippen molar-refractivity contribution in [3.63, 3.8) is 0 Å². The summed E-state index contributed by atoms with van der Waals surface area (Å²) in [7, 11) is 1.44. The number of hydrogen-bond acceptors (Lipinski definition) is 4. The van der Waals surface area contributed by atoms with Crippen LogP contribution in [-0.2, 0) is 9.53 Å². The maximum atomic E-state index is 12.1. The summed E-state index contributed by atoms with van der Waals surface area (Å²) >= 11 is 2.32. The van der Waals surface area contributed by atoms with E-state index in [0.29, 0.717) is 11.5 Å². The van der Waals surface area contributed by atoms with Crippen LogP contribution in [0.2, 0.25) is 0 Å². The van der Waals surface area contributed by atoms with Gasteiger partial charge in [0.05, 0.1) is 7.11 Å². The van der Waals surface area contributed by atoms with Gasteiger partial charge in [0.1, 0.15) is 0 Å². The van der Waals surface area contributed by atoms with Crippen molar-refractivity contribution in [2.45, 2.75) is 67.2 Å². The summed E-state index contributed by atoms with van der Waals surface area (Å²) in [5, 5.41) is 6.93. The second-order valence-corrected chi connectivity index (χ2v) is 8.72. The maximum absolute atomic E-state index is 12.1. The van der Waals surface area contributed by atoms with Crippen LogP contribution in [0.15, 0.2) is 35.1 Å². The van der Waals surface area contributed by atoms with Gasteiger partial charge in [-0.1, -0.05) is 69.2 Å². The molecule has 0 heterocycles. The zero-order valence-corrected chi connectivity index (χ0v) is 21.1. The molecule has 0 radical (unpaired) electrons. The largest absolute Gasteiger partial charge is 0.466 e. The molecule has 0 aliphatic rings. The second kappa shape index (κ2) is 15.1. The van der Waals surface area contributed by atoms with Gasteiger partial charge in [-0.25, -0.2) is 4.79 Å². The Morgan fingerprint density at radius 3 is 2.43 bits per heavy atom. The van der Waals surface area contributed by atoms with Crippen LogP contribution in [0.1, 0.15) is 67.2 Å². The molecule has 0 aromatic carbocycles. The van der Waals surface area contributed by atoms with Gasteiger partial charge in [-0.3, -0.25) is 0 Å². The lowest BCUT2D eigenvalue weighted by molar-refractivity contribution is -0.136. The zero-order valence-electron chi connectivity index (χ0n) is 19.0. The molecule has 5 heteroatoms. The molecule has 4 nitrogen and oxygen atoms in total. The number of allylic oxidation sites excluding steroid dienone is 4. The highest BCUT2D eigenvalue weighted by molar-refractivity contribution is 14.1. The summed E-state index contributed by atoms with van der Waals surface area (Å²) in [4.78, 5) is 12.1. The standard InChI is InChI=1S/C23H41IN2O2/c1-8-11-19(16-23(5,6)10-3)20(15-18(4)22(27)28-7)21(12-9-2)26-14-13-25-17-24/h9,12,15,19,25-26H,8,10-11,13-14,16-17H2,1-7H3/b12-9-,18-15+,21-20-. The topological polar surface area (TPSA) is 50.4 Å². The number of esters is 1. The van der Waals surface area contributed by atoms with Crippen LogP contribution < -0.4 is 10.6 Å². The molecule has 2 N–H and O–H groups in total. The SMILES string of the molecule is C\C=C/C(NCCNCI)=C(\C=C(/C)C(=O)OC)C(CCC)CC(C)(C)CC. The molecule has 0 fully saturated rings. The molecule has 0 saturated heterocycles. The van der Waals surface area contributed by atoms with E-state index < -0.39 is 0 Å². The molecule has 0 aromatic heterocycles. The minimum Gasteiger partial charge on any atom is -0.466 e. The molecule has 0 saturated carbocycles. The van der Waals surface area contributed by atoms with Crippen molar-refractivity contribution in [2.75, 3.05) is 24.8 Å². The first-order chi connectivity index (χ1) is 13.3. The summed E-state index contributed by atoms with van der Waals surface area (Å²) in [6.07, 6.45) is 10.6. The van der Waals surface area contributed by atoms with Crippen molar-refractivity contribution >= 4 is 28.6 Å². The Morgan fingerprint density at radius 1 is 1.25 bits per heavy atom. The smallest absolute Gasteiger partial charge is 0.333 e. The second-order valence-electron chi connectivity index (χ2n) is 7.96. The van der Waals surface area contributed by atoms with Crippen molar-refractivity contribution in [2.24, 2.45) is 11.3 Å². The molecule has 0 spiro atoms. The highest BCUT2D eigenvalue weighted by atomic mass is 127. The number of ether oxygens (including phenoxy) is 1. The van der Waals surface area contributed by atoms with E-state index >= 15 is 0 Å². The Bertz CT molecular complexity index is 551. The Labute approximate surface area is 186 Å². The average Bonchev–Trinajstić information content (AvgIpc) is 2.67. The van der Waals surface area contributed by atoms with Gasteiger partial charge in [0, 0.05) is 28.9 Å². The minimum absolute atomic E-state index is 0.252. The van der Waals surface area contributed by atoms with Gasteiger partial charge in [0.2, 0.25) is 0 Å². The lowest BCUT2D eigenvalue weighted by atomic mass is 9.75. The normalized spacial score (nSPS) is 14.8. The van der Waals surface area contributed by atoms with Gasteiger partial charge in [0.25, 0.3) is 0 Å². The number of halogens is 1. The molecule has 1 atom stereocenters. The van der Waals surface area contributed by atoms with E-state index in [0.717, 1.165) is 49.0 Å². The van der Waals surface area contributed by atoms with Gasteiger partial charge in [-0.15, -0.1) is 0 Å². The minimum atomic E-state index is -0.270. The van der Waals surface area contributed by atoms with E-state index in [-0.39, 0.29) is 11.4 Å². The monoisotopic (exact) mass is 504 g/mol. The van der Waals surface area contributed by atoms with Crippen LogP contribution >= 0.6 is 22.6 Å². The van der Waals surface area contributed by atoms with E-state index in [2.05, 4.69) is 73.1 Å². The summed E-state index contributed by atoms with van der Waals surface area (Å²) in [5.74, 6) is 0.115. The fourth-order valence-corrected chi connectivity index (χ4v) is 3.55. The highest BCUT2D eigenvalue weighted by Crippen LogP contribution is 2.36. The average molecular weight is 504 g/mol. The number of methoxy groups -OCH3 is 1. The molecular formula is C23H41IN2O2. The quantitative estimate of drug-likeness (QED) is 0.0602. The molecule has 0 amide bonds. The van der Waals surface area contributed by atoms with E-state index in [1.165, 1.54) is 12.7 Å². The van der Waals surface area contributed by atoms with Crippen LogP contribution in [0, 0.1) is 11.3 Å². The van der Waals surface area contributed by atoms with Gasteiger partial charge in [-0.05, 0) is 55.7 Å². The number of nitrogens with one attached hydrogen (secondary N) is 2. The van der Waals surface area contributed by atoms with Gasteiger partial charge < -0.3 is 15.4 Å². The van der Waals surface area contributed by atoms with Crippen LogP contribution in [0.25, 0.3) is 0 Å². The third-order valence-corrected chi connectivity index (χ3v) is 5.61. The van der Waals surface area contributed by atoms with Crippen LogP contribution in [0.3, 0.4) is 0 Å². The summed E-state index contributed by atoms with van der Waals surface area (Å²) in [6.45, 7) is 14.8. The van der Waals surface area contributed by atoms with Crippen molar-refractivity contribution in [3.8, 4) is 0 Å². The first kappa shape index (κ1) is 27.2. The molecule has 0 aromatic rings. The predicted octanol–water partition coefficient (Wildman–Crippen LogP) is 5.75. The highest BCUT2D eigenvalue weighted by Gasteiger charge is 2.25. The third kappa shape index (κ3) is 10.6. The number of rotatable bonds is 14. The number of alkyl halides is 1. The third-order valence-electron chi connectivity index (χ3n) is 5.07. The Balaban J connectivity index is 6.16. The molecule has 0 aliphatic carbocycles. The van der Waals surface area contributed by atoms with Gasteiger partial charge in [-0.2, -0.15) is 0 Å². The molecule has 1 unspecified atom stereocenters. The van der Waals surface area contributed by atoms with E-state index in [1.807, 2.05) is 19.9 Å². The number of hydrogen-bond donors (Lipinski definition) is 2. The summed E-state index contributed by atoms with van der Waals surface area (Å²) < 4.78 is 5.88. The van der Waals surface area contributed by atoms with Crippen LogP contribution in [-0.4, -0.2) is 30.7 Å². The van der Waals surface area contributed by atoms with E-state index in [1.54, 1.807) is 0 Å². The van der Waals surface area contributed by atoms with Gasteiger partial charge in [0.15, 0.2) is 0 Å². The van der Waals surface area contributed by atoms with Crippen LogP contribution in [0.4, 0.5) is 0 Å². The van der Waals surface area contributed by atoms with Crippen LogP contribution in [0.5, 0.6) is 0 Å². The van der Waals surface area contributed by atoms with Crippen molar-refractivity contribution in [1.82, 2.24) is 10.6 Å². The van der Waals surface area contributed by atoms with Crippen molar-refractivity contribution < 1.29 is 9.53 Å². The fraction of sp³-hybridized carbons (Fsp3) is 0.696. The Morgan fingerprint density at radius 2 is 1.93 bits per heavy atom. The molecule has 0 bridgehead atoms. The fourth-order valence-electron chi connectivity index (χ4n) is 3.17. The summed E-state index contributed by atoms with van der Waals surface area (Å²) in [5.41, 5.74) is 3.20. The van der Waals surface area contributed by atoms with Gasteiger partial charge >= 0.3 is 5.97 Å². The molecule has 28 heavy (non-hydrogen) atoms. The Hall–Kier alpha value is -0.820. The number of carbonyl (C=O) groups is 1.